The van der Waals surface area contributed by atoms with E-state index in [1.807, 2.05) is 37.6 Å². The van der Waals surface area contributed by atoms with Crippen molar-refractivity contribution < 1.29 is 4.79 Å². The Morgan fingerprint density at radius 1 is 1.33 bits per heavy atom. The number of amides is 1. The van der Waals surface area contributed by atoms with E-state index in [-0.39, 0.29) is 5.91 Å². The van der Waals surface area contributed by atoms with Crippen LogP contribution in [0.1, 0.15) is 31.2 Å². The maximum Gasteiger partial charge on any atom is 0.272 e. The standard InChI is InChI=1S/C13H14N2OS2/c1-8-4-5-17-12(8)6-14-15-13(16)11-7-18-10(3)9(11)2/h4-7H,1-3H3,(H,15,16)/b14-6-. The Hall–Kier alpha value is -1.46. The Balaban J connectivity index is 2.03. The molecule has 0 spiro atoms. The highest BCUT2D eigenvalue weighted by molar-refractivity contribution is 7.12. The maximum absolute atomic E-state index is 11.9. The Labute approximate surface area is 114 Å². The molecule has 2 aromatic rings. The zero-order valence-electron chi connectivity index (χ0n) is 10.5. The van der Waals surface area contributed by atoms with Crippen LogP contribution in [0, 0.1) is 20.8 Å². The van der Waals surface area contributed by atoms with Crippen molar-refractivity contribution in [2.75, 3.05) is 0 Å². The van der Waals surface area contributed by atoms with E-state index in [1.54, 1.807) is 28.9 Å². The average molecular weight is 278 g/mol. The summed E-state index contributed by atoms with van der Waals surface area (Å²) in [5.41, 5.74) is 5.46. The second-order valence-electron chi connectivity index (χ2n) is 4.00. The van der Waals surface area contributed by atoms with Crippen LogP contribution in [0.3, 0.4) is 0 Å². The molecule has 1 N–H and O–H groups in total. The summed E-state index contributed by atoms with van der Waals surface area (Å²) in [6.07, 6.45) is 1.69. The first-order valence-corrected chi connectivity index (χ1v) is 7.27. The maximum atomic E-state index is 11.9. The summed E-state index contributed by atoms with van der Waals surface area (Å²) in [5.74, 6) is -0.151. The van der Waals surface area contributed by atoms with Gasteiger partial charge in [-0.1, -0.05) is 0 Å². The monoisotopic (exact) mass is 278 g/mol. The summed E-state index contributed by atoms with van der Waals surface area (Å²) < 4.78 is 0. The SMILES string of the molecule is Cc1ccsc1/C=N\NC(=O)c1csc(C)c1C. The quantitative estimate of drug-likeness (QED) is 0.677. The molecule has 0 atom stereocenters. The summed E-state index contributed by atoms with van der Waals surface area (Å²) in [7, 11) is 0. The molecule has 0 bridgehead atoms. The van der Waals surface area contributed by atoms with Gasteiger partial charge in [-0.2, -0.15) is 5.10 Å². The van der Waals surface area contributed by atoms with Crippen LogP contribution in [0.2, 0.25) is 0 Å². The van der Waals surface area contributed by atoms with Crippen molar-refractivity contribution in [3.05, 3.63) is 43.3 Å². The summed E-state index contributed by atoms with van der Waals surface area (Å²) in [4.78, 5) is 14.1. The van der Waals surface area contributed by atoms with Gasteiger partial charge in [0.25, 0.3) is 5.91 Å². The van der Waals surface area contributed by atoms with Gasteiger partial charge in [-0.05, 0) is 43.3 Å². The number of thiophene rings is 2. The van der Waals surface area contributed by atoms with E-state index in [4.69, 9.17) is 0 Å². The van der Waals surface area contributed by atoms with Crippen molar-refractivity contribution in [3.8, 4) is 0 Å². The van der Waals surface area contributed by atoms with E-state index < -0.39 is 0 Å². The number of hydrazone groups is 1. The van der Waals surface area contributed by atoms with Gasteiger partial charge in [-0.25, -0.2) is 5.43 Å². The van der Waals surface area contributed by atoms with Crippen LogP contribution in [-0.2, 0) is 0 Å². The van der Waals surface area contributed by atoms with Gasteiger partial charge < -0.3 is 0 Å². The lowest BCUT2D eigenvalue weighted by molar-refractivity contribution is 0.0955. The van der Waals surface area contributed by atoms with E-state index in [2.05, 4.69) is 10.5 Å². The van der Waals surface area contributed by atoms with Gasteiger partial charge in [-0.3, -0.25) is 4.79 Å². The Morgan fingerprint density at radius 2 is 2.11 bits per heavy atom. The van der Waals surface area contributed by atoms with Crippen LogP contribution in [0.5, 0.6) is 0 Å². The molecule has 0 radical (unpaired) electrons. The molecule has 0 saturated heterocycles. The molecule has 0 unspecified atom stereocenters. The smallest absolute Gasteiger partial charge is 0.267 e. The van der Waals surface area contributed by atoms with Crippen molar-refractivity contribution in [2.24, 2.45) is 5.10 Å². The topological polar surface area (TPSA) is 41.5 Å². The lowest BCUT2D eigenvalue weighted by Gasteiger charge is -1.98. The third kappa shape index (κ3) is 2.68. The van der Waals surface area contributed by atoms with Crippen LogP contribution in [-0.4, -0.2) is 12.1 Å². The minimum atomic E-state index is -0.151. The molecule has 0 saturated carbocycles. The molecule has 1 amide bonds. The third-order valence-corrected chi connectivity index (χ3v) is 4.75. The van der Waals surface area contributed by atoms with E-state index in [0.29, 0.717) is 5.56 Å². The van der Waals surface area contributed by atoms with Gasteiger partial charge in [0.05, 0.1) is 11.8 Å². The van der Waals surface area contributed by atoms with Crippen LogP contribution in [0.15, 0.2) is 21.9 Å². The fourth-order valence-electron chi connectivity index (χ4n) is 1.46. The highest BCUT2D eigenvalue weighted by Gasteiger charge is 2.11. The highest BCUT2D eigenvalue weighted by Crippen LogP contribution is 2.20. The lowest BCUT2D eigenvalue weighted by Crippen LogP contribution is -2.17. The van der Waals surface area contributed by atoms with Crippen molar-refractivity contribution in [2.45, 2.75) is 20.8 Å². The van der Waals surface area contributed by atoms with Gasteiger partial charge in [0, 0.05) is 15.1 Å². The largest absolute Gasteiger partial charge is 0.272 e. The second-order valence-corrected chi connectivity index (χ2v) is 6.03. The molecule has 0 aromatic carbocycles. The first-order chi connectivity index (χ1) is 8.59. The van der Waals surface area contributed by atoms with Gasteiger partial charge in [0.15, 0.2) is 0 Å². The van der Waals surface area contributed by atoms with Crippen molar-refractivity contribution in [3.63, 3.8) is 0 Å². The first-order valence-electron chi connectivity index (χ1n) is 5.51. The Bertz CT molecular complexity index is 596. The lowest BCUT2D eigenvalue weighted by atomic mass is 10.2. The third-order valence-electron chi connectivity index (χ3n) is 2.78. The number of hydrogen-bond acceptors (Lipinski definition) is 4. The van der Waals surface area contributed by atoms with Crippen LogP contribution < -0.4 is 5.43 Å². The zero-order valence-corrected chi connectivity index (χ0v) is 12.1. The summed E-state index contributed by atoms with van der Waals surface area (Å²) in [5, 5.41) is 7.86. The summed E-state index contributed by atoms with van der Waals surface area (Å²) >= 11 is 3.19. The van der Waals surface area contributed by atoms with Crippen LogP contribution in [0.4, 0.5) is 0 Å². The minimum Gasteiger partial charge on any atom is -0.267 e. The molecular formula is C13H14N2OS2. The normalized spacial score (nSPS) is 11.1. The van der Waals surface area contributed by atoms with E-state index in [1.165, 1.54) is 10.4 Å². The molecule has 2 heterocycles. The molecule has 2 rings (SSSR count). The van der Waals surface area contributed by atoms with Gasteiger partial charge in [0.1, 0.15) is 0 Å². The summed E-state index contributed by atoms with van der Waals surface area (Å²) in [6, 6.07) is 2.03. The summed E-state index contributed by atoms with van der Waals surface area (Å²) in [6.45, 7) is 5.98. The number of nitrogens with zero attached hydrogens (tertiary/aromatic N) is 1. The van der Waals surface area contributed by atoms with Gasteiger partial charge in [0.2, 0.25) is 0 Å². The van der Waals surface area contributed by atoms with Crippen molar-refractivity contribution >= 4 is 34.8 Å². The highest BCUT2D eigenvalue weighted by atomic mass is 32.1. The second kappa shape index (κ2) is 5.46. The number of carbonyl (C=O) groups excluding carboxylic acids is 1. The molecule has 3 nitrogen and oxygen atoms in total. The Kier molecular flexibility index (Phi) is 3.93. The molecule has 0 aliphatic rings. The molecular weight excluding hydrogens is 264 g/mol. The molecule has 0 aliphatic heterocycles. The van der Waals surface area contributed by atoms with Gasteiger partial charge in [-0.15, -0.1) is 22.7 Å². The number of carbonyl (C=O) groups is 1. The molecule has 0 fully saturated rings. The van der Waals surface area contributed by atoms with Crippen molar-refractivity contribution in [1.29, 1.82) is 0 Å². The molecule has 0 aliphatic carbocycles. The number of aryl methyl sites for hydroxylation is 2. The molecule has 18 heavy (non-hydrogen) atoms. The van der Waals surface area contributed by atoms with E-state index >= 15 is 0 Å². The number of nitrogens with one attached hydrogen (secondary N) is 1. The van der Waals surface area contributed by atoms with Gasteiger partial charge >= 0.3 is 0 Å². The predicted octanol–water partition coefficient (Wildman–Crippen LogP) is 3.50. The molecule has 2 aromatic heterocycles. The molecule has 5 heteroatoms. The van der Waals surface area contributed by atoms with E-state index in [9.17, 15) is 4.79 Å². The van der Waals surface area contributed by atoms with E-state index in [0.717, 1.165) is 10.4 Å². The fraction of sp³-hybridized carbons (Fsp3) is 0.231. The van der Waals surface area contributed by atoms with Crippen LogP contribution in [0.25, 0.3) is 0 Å². The number of rotatable bonds is 3. The predicted molar refractivity (Wildman–Crippen MR) is 77.9 cm³/mol. The minimum absolute atomic E-state index is 0.151. The average Bonchev–Trinajstić information content (AvgIpc) is 2.88. The van der Waals surface area contributed by atoms with Crippen LogP contribution >= 0.6 is 22.7 Å². The fourth-order valence-corrected chi connectivity index (χ4v) is 3.12. The number of hydrogen-bond donors (Lipinski definition) is 1. The zero-order chi connectivity index (χ0) is 13.1. The van der Waals surface area contributed by atoms with Crippen molar-refractivity contribution in [1.82, 2.24) is 5.43 Å². The molecule has 94 valence electrons. The first kappa shape index (κ1) is 13.0. The Morgan fingerprint density at radius 3 is 2.67 bits per heavy atom.